The average molecular weight is 468 g/mol. The van der Waals surface area contributed by atoms with Gasteiger partial charge in [0, 0.05) is 29.4 Å². The van der Waals surface area contributed by atoms with E-state index in [0.717, 1.165) is 78.4 Å². The maximum absolute atomic E-state index is 13.9. The standard InChI is InChI=1S/C30H33N3O2/c1-4-7-16-33(17-8-5-2)28-26-24(31-22-14-10-9-13-20(22)29(26)34)18-21-27(28)32-23-15-11-12-19(6-3)25(23)30(21)35/h9-15,18H,4-8,16-17H2,1-3H3,(H,31,34)(H,32,35). The Bertz CT molecular complexity index is 1650. The molecule has 0 fully saturated rings. The molecule has 0 atom stereocenters. The highest BCUT2D eigenvalue weighted by Gasteiger charge is 2.21. The topological polar surface area (TPSA) is 69.0 Å². The molecule has 0 unspecified atom stereocenters. The molecule has 2 aromatic heterocycles. The van der Waals surface area contributed by atoms with Gasteiger partial charge in [-0.25, -0.2) is 0 Å². The summed E-state index contributed by atoms with van der Waals surface area (Å²) in [6.45, 7) is 8.12. The number of aryl methyl sites for hydroxylation is 1. The molecule has 35 heavy (non-hydrogen) atoms. The monoisotopic (exact) mass is 467 g/mol. The van der Waals surface area contributed by atoms with Crippen molar-refractivity contribution >= 4 is 49.3 Å². The SMILES string of the molecule is CCCCN(CCCC)c1c2[nH]c3cccc(CC)c3c(=O)c2cc2[nH]c3ccccc3c(=O)c12. The van der Waals surface area contributed by atoms with E-state index in [-0.39, 0.29) is 10.9 Å². The minimum absolute atomic E-state index is 0.00695. The molecular formula is C30H33N3O2. The van der Waals surface area contributed by atoms with Gasteiger partial charge in [0.1, 0.15) is 0 Å². The second-order valence-corrected chi connectivity index (χ2v) is 9.41. The van der Waals surface area contributed by atoms with Gasteiger partial charge in [-0.2, -0.15) is 0 Å². The number of anilines is 1. The Morgan fingerprint density at radius 3 is 2.11 bits per heavy atom. The number of fused-ring (bicyclic) bond motifs is 4. The Morgan fingerprint density at radius 1 is 0.714 bits per heavy atom. The molecule has 0 spiro atoms. The molecule has 0 aliphatic heterocycles. The van der Waals surface area contributed by atoms with Gasteiger partial charge in [0.15, 0.2) is 10.9 Å². The van der Waals surface area contributed by atoms with E-state index in [9.17, 15) is 9.59 Å². The molecule has 5 heteroatoms. The first-order chi connectivity index (χ1) is 17.1. The van der Waals surface area contributed by atoms with E-state index in [1.807, 2.05) is 48.5 Å². The fourth-order valence-corrected chi connectivity index (χ4v) is 5.26. The van der Waals surface area contributed by atoms with Crippen molar-refractivity contribution < 1.29 is 0 Å². The van der Waals surface area contributed by atoms with Gasteiger partial charge in [-0.15, -0.1) is 0 Å². The van der Waals surface area contributed by atoms with E-state index < -0.39 is 0 Å². The number of aromatic nitrogens is 2. The molecule has 0 radical (unpaired) electrons. The van der Waals surface area contributed by atoms with Gasteiger partial charge < -0.3 is 14.9 Å². The Balaban J connectivity index is 1.99. The number of rotatable bonds is 8. The molecule has 2 heterocycles. The van der Waals surface area contributed by atoms with E-state index in [1.54, 1.807) is 0 Å². The predicted octanol–water partition coefficient (Wildman–Crippen LogP) is 6.65. The number of H-pyrrole nitrogens is 2. The smallest absolute Gasteiger partial charge is 0.199 e. The summed E-state index contributed by atoms with van der Waals surface area (Å²) >= 11 is 0. The summed E-state index contributed by atoms with van der Waals surface area (Å²) in [5.41, 5.74) is 5.01. The van der Waals surface area contributed by atoms with Crippen LogP contribution in [0.15, 0.2) is 58.1 Å². The third-order valence-electron chi connectivity index (χ3n) is 7.11. The van der Waals surface area contributed by atoms with Crippen LogP contribution in [-0.2, 0) is 6.42 Å². The van der Waals surface area contributed by atoms with Gasteiger partial charge in [-0.1, -0.05) is 57.9 Å². The van der Waals surface area contributed by atoms with Crippen molar-refractivity contribution in [3.05, 3.63) is 74.5 Å². The number of unbranched alkanes of at least 4 members (excludes halogenated alkanes) is 2. The van der Waals surface area contributed by atoms with E-state index in [0.29, 0.717) is 21.7 Å². The highest BCUT2D eigenvalue weighted by molar-refractivity contribution is 6.13. The Kier molecular flexibility index (Phi) is 6.33. The molecule has 0 saturated carbocycles. The third-order valence-corrected chi connectivity index (χ3v) is 7.11. The molecule has 0 saturated heterocycles. The lowest BCUT2D eigenvalue weighted by atomic mass is 9.99. The number of para-hydroxylation sites is 1. The van der Waals surface area contributed by atoms with Gasteiger partial charge >= 0.3 is 0 Å². The van der Waals surface area contributed by atoms with Crippen LogP contribution in [0, 0.1) is 0 Å². The number of pyridine rings is 2. The summed E-state index contributed by atoms with van der Waals surface area (Å²) < 4.78 is 0. The summed E-state index contributed by atoms with van der Waals surface area (Å²) in [6, 6.07) is 15.5. The number of nitrogens with zero attached hydrogens (tertiary/aromatic N) is 1. The van der Waals surface area contributed by atoms with E-state index in [1.165, 1.54) is 0 Å². The van der Waals surface area contributed by atoms with E-state index >= 15 is 0 Å². The zero-order chi connectivity index (χ0) is 24.5. The van der Waals surface area contributed by atoms with Crippen LogP contribution in [-0.4, -0.2) is 23.1 Å². The molecule has 0 bridgehead atoms. The van der Waals surface area contributed by atoms with E-state index in [4.69, 9.17) is 0 Å². The number of hydrogen-bond donors (Lipinski definition) is 2. The second kappa shape index (κ2) is 9.57. The quantitative estimate of drug-likeness (QED) is 0.251. The van der Waals surface area contributed by atoms with Gasteiger partial charge in [-0.3, -0.25) is 9.59 Å². The van der Waals surface area contributed by atoms with Crippen molar-refractivity contribution in [2.75, 3.05) is 18.0 Å². The van der Waals surface area contributed by atoms with Crippen LogP contribution in [0.1, 0.15) is 52.0 Å². The van der Waals surface area contributed by atoms with Crippen molar-refractivity contribution in [2.45, 2.75) is 52.9 Å². The maximum Gasteiger partial charge on any atom is 0.199 e. The van der Waals surface area contributed by atoms with Crippen molar-refractivity contribution in [1.29, 1.82) is 0 Å². The normalized spacial score (nSPS) is 11.7. The van der Waals surface area contributed by atoms with Gasteiger partial charge in [-0.05, 0) is 49.1 Å². The van der Waals surface area contributed by atoms with E-state index in [2.05, 4.69) is 35.6 Å². The molecule has 0 aliphatic rings. The zero-order valence-corrected chi connectivity index (χ0v) is 20.8. The number of aromatic amines is 2. The highest BCUT2D eigenvalue weighted by Crippen LogP contribution is 2.34. The van der Waals surface area contributed by atoms with Gasteiger partial charge in [0.05, 0.1) is 33.0 Å². The molecule has 2 N–H and O–H groups in total. The number of benzene rings is 3. The molecule has 0 aliphatic carbocycles. The fraction of sp³-hybridized carbons (Fsp3) is 0.333. The summed E-state index contributed by atoms with van der Waals surface area (Å²) in [5, 5.41) is 2.70. The number of hydrogen-bond acceptors (Lipinski definition) is 3. The van der Waals surface area contributed by atoms with Crippen molar-refractivity contribution in [3.8, 4) is 0 Å². The number of nitrogens with one attached hydrogen (secondary N) is 2. The summed E-state index contributed by atoms with van der Waals surface area (Å²) in [6.07, 6.45) is 4.94. The van der Waals surface area contributed by atoms with Crippen LogP contribution in [0.4, 0.5) is 5.69 Å². The van der Waals surface area contributed by atoms with Crippen LogP contribution in [0.5, 0.6) is 0 Å². The predicted molar refractivity (Wildman–Crippen MR) is 149 cm³/mol. The lowest BCUT2D eigenvalue weighted by Crippen LogP contribution is -2.28. The molecular weight excluding hydrogens is 434 g/mol. The first kappa shape index (κ1) is 23.2. The van der Waals surface area contributed by atoms with Crippen LogP contribution in [0.3, 0.4) is 0 Å². The lowest BCUT2D eigenvalue weighted by Gasteiger charge is -2.27. The molecule has 5 rings (SSSR count). The Morgan fingerprint density at radius 2 is 1.40 bits per heavy atom. The largest absolute Gasteiger partial charge is 0.369 e. The summed E-state index contributed by atoms with van der Waals surface area (Å²) in [4.78, 5) is 37.2. The van der Waals surface area contributed by atoms with Gasteiger partial charge in [0.25, 0.3) is 0 Å². The fourth-order valence-electron chi connectivity index (χ4n) is 5.26. The first-order valence-corrected chi connectivity index (χ1v) is 12.9. The first-order valence-electron chi connectivity index (χ1n) is 12.9. The Hall–Kier alpha value is -3.60. The molecule has 3 aromatic carbocycles. The second-order valence-electron chi connectivity index (χ2n) is 9.41. The Labute approximate surface area is 204 Å². The van der Waals surface area contributed by atoms with Crippen LogP contribution < -0.4 is 15.8 Å². The van der Waals surface area contributed by atoms with Crippen LogP contribution in [0.25, 0.3) is 43.6 Å². The molecule has 5 nitrogen and oxygen atoms in total. The summed E-state index contributed by atoms with van der Waals surface area (Å²) in [5.74, 6) is 0. The molecule has 180 valence electrons. The minimum Gasteiger partial charge on any atom is -0.369 e. The molecule has 0 amide bonds. The van der Waals surface area contributed by atoms with Crippen molar-refractivity contribution in [2.24, 2.45) is 0 Å². The highest BCUT2D eigenvalue weighted by atomic mass is 16.1. The molecule has 5 aromatic rings. The lowest BCUT2D eigenvalue weighted by molar-refractivity contribution is 0.680. The third kappa shape index (κ3) is 3.89. The average Bonchev–Trinajstić information content (AvgIpc) is 2.88. The maximum atomic E-state index is 13.9. The van der Waals surface area contributed by atoms with Crippen LogP contribution in [0.2, 0.25) is 0 Å². The van der Waals surface area contributed by atoms with Gasteiger partial charge in [0.2, 0.25) is 0 Å². The summed E-state index contributed by atoms with van der Waals surface area (Å²) in [7, 11) is 0. The van der Waals surface area contributed by atoms with Crippen molar-refractivity contribution in [3.63, 3.8) is 0 Å². The van der Waals surface area contributed by atoms with Crippen molar-refractivity contribution in [1.82, 2.24) is 9.97 Å². The zero-order valence-electron chi connectivity index (χ0n) is 20.8. The van der Waals surface area contributed by atoms with Crippen LogP contribution >= 0.6 is 0 Å². The minimum atomic E-state index is 0.00695.